The second-order valence-corrected chi connectivity index (χ2v) is 6.14. The molecule has 1 aromatic carbocycles. The monoisotopic (exact) mass is 327 g/mol. The minimum atomic E-state index is -0.593. The minimum Gasteiger partial charge on any atom is -0.444 e. The lowest BCUT2D eigenvalue weighted by molar-refractivity contribution is -0.109. The molecule has 0 spiro atoms. The number of ether oxygens (including phenoxy) is 1. The van der Waals surface area contributed by atoms with Gasteiger partial charge in [-0.15, -0.1) is 0 Å². The predicted molar refractivity (Wildman–Crippen MR) is 77.1 cm³/mol. The van der Waals surface area contributed by atoms with Crippen molar-refractivity contribution in [3.05, 3.63) is 34.3 Å². The number of benzene rings is 1. The lowest BCUT2D eigenvalue weighted by Gasteiger charge is -2.21. The van der Waals surface area contributed by atoms with Gasteiger partial charge in [0.2, 0.25) is 0 Å². The first kappa shape index (κ1) is 15.7. The molecule has 0 aliphatic rings. The number of nitrogens with one attached hydrogen (secondary N) is 1. The first-order valence-corrected chi connectivity index (χ1v) is 6.79. The number of alkyl carbamates (subject to hydrolysis) is 1. The van der Waals surface area contributed by atoms with Gasteiger partial charge in [0.15, 0.2) is 0 Å². The molecule has 4 nitrogen and oxygen atoms in total. The average Bonchev–Trinajstić information content (AvgIpc) is 2.25. The predicted octanol–water partition coefficient (Wildman–Crippen LogP) is 3.08. The van der Waals surface area contributed by atoms with E-state index in [1.165, 1.54) is 0 Å². The average molecular weight is 328 g/mol. The maximum absolute atomic E-state index is 11.6. The largest absolute Gasteiger partial charge is 0.444 e. The fraction of sp³-hybridized carbons (Fsp3) is 0.429. The molecule has 0 unspecified atom stereocenters. The standard InChI is InChI=1S/C14H18BrNO3/c1-14(2,3)19-13(18)16-12(9-17)8-10-5-4-6-11(15)7-10/h4-7,9,12H,8H2,1-3H3,(H,16,18)/t12-/m0/s1. The Morgan fingerprint density at radius 3 is 2.68 bits per heavy atom. The SMILES string of the molecule is CC(C)(C)OC(=O)N[C@H](C=O)Cc1cccc(Br)c1. The topological polar surface area (TPSA) is 55.4 Å². The molecular weight excluding hydrogens is 310 g/mol. The van der Waals surface area contributed by atoms with E-state index in [1.807, 2.05) is 24.3 Å². The Bertz CT molecular complexity index is 454. The number of halogens is 1. The molecule has 0 aromatic heterocycles. The van der Waals surface area contributed by atoms with Crippen LogP contribution in [-0.4, -0.2) is 24.0 Å². The van der Waals surface area contributed by atoms with Gasteiger partial charge in [-0.3, -0.25) is 0 Å². The Balaban J connectivity index is 2.59. The normalized spacial score (nSPS) is 12.6. The molecule has 0 radical (unpaired) electrons. The molecule has 0 saturated carbocycles. The molecule has 0 heterocycles. The van der Waals surface area contributed by atoms with Crippen molar-refractivity contribution in [3.63, 3.8) is 0 Å². The van der Waals surface area contributed by atoms with Crippen LogP contribution in [-0.2, 0) is 16.0 Å². The van der Waals surface area contributed by atoms with Crippen LogP contribution in [0.1, 0.15) is 26.3 Å². The fourth-order valence-electron chi connectivity index (χ4n) is 1.51. The van der Waals surface area contributed by atoms with Crippen LogP contribution < -0.4 is 5.32 Å². The number of aldehydes is 1. The number of carbonyl (C=O) groups excluding carboxylic acids is 2. The van der Waals surface area contributed by atoms with E-state index < -0.39 is 17.7 Å². The fourth-order valence-corrected chi connectivity index (χ4v) is 1.96. The Labute approximate surface area is 121 Å². The van der Waals surface area contributed by atoms with Gasteiger partial charge < -0.3 is 14.8 Å². The second kappa shape index (κ2) is 6.70. The van der Waals surface area contributed by atoms with Gasteiger partial charge in [-0.25, -0.2) is 4.79 Å². The van der Waals surface area contributed by atoms with Crippen molar-refractivity contribution in [1.29, 1.82) is 0 Å². The molecule has 19 heavy (non-hydrogen) atoms. The summed E-state index contributed by atoms with van der Waals surface area (Å²) in [5.41, 5.74) is 0.385. The van der Waals surface area contributed by atoms with Crippen LogP contribution in [0.25, 0.3) is 0 Å². The summed E-state index contributed by atoms with van der Waals surface area (Å²) in [6.07, 6.45) is 0.562. The quantitative estimate of drug-likeness (QED) is 0.864. The molecule has 1 atom stereocenters. The van der Waals surface area contributed by atoms with Crippen molar-refractivity contribution in [2.75, 3.05) is 0 Å². The molecule has 5 heteroatoms. The van der Waals surface area contributed by atoms with Crippen LogP contribution in [0, 0.1) is 0 Å². The summed E-state index contributed by atoms with van der Waals surface area (Å²) in [5, 5.41) is 2.55. The van der Waals surface area contributed by atoms with Crippen LogP contribution in [0.4, 0.5) is 4.79 Å². The molecule has 1 aromatic rings. The second-order valence-electron chi connectivity index (χ2n) is 5.22. The van der Waals surface area contributed by atoms with Crippen LogP contribution in [0.2, 0.25) is 0 Å². The number of hydrogen-bond donors (Lipinski definition) is 1. The lowest BCUT2D eigenvalue weighted by Crippen LogP contribution is -2.41. The molecule has 1 amide bonds. The van der Waals surface area contributed by atoms with E-state index in [-0.39, 0.29) is 0 Å². The van der Waals surface area contributed by atoms with Gasteiger partial charge in [0.25, 0.3) is 0 Å². The van der Waals surface area contributed by atoms with Gasteiger partial charge >= 0.3 is 6.09 Å². The molecule has 0 fully saturated rings. The molecule has 0 aliphatic carbocycles. The smallest absolute Gasteiger partial charge is 0.408 e. The molecule has 104 valence electrons. The highest BCUT2D eigenvalue weighted by molar-refractivity contribution is 9.10. The van der Waals surface area contributed by atoms with Gasteiger partial charge in [-0.1, -0.05) is 28.1 Å². The summed E-state index contributed by atoms with van der Waals surface area (Å²) in [6, 6.07) is 7.00. The zero-order chi connectivity index (χ0) is 14.5. The van der Waals surface area contributed by atoms with Gasteiger partial charge in [0.05, 0.1) is 6.04 Å². The Hall–Kier alpha value is -1.36. The first-order chi connectivity index (χ1) is 8.80. The summed E-state index contributed by atoms with van der Waals surface area (Å²) in [4.78, 5) is 22.6. The minimum absolute atomic E-state index is 0.433. The van der Waals surface area contributed by atoms with E-state index in [0.29, 0.717) is 12.7 Å². The van der Waals surface area contributed by atoms with E-state index in [9.17, 15) is 9.59 Å². The van der Waals surface area contributed by atoms with Crippen molar-refractivity contribution in [3.8, 4) is 0 Å². The van der Waals surface area contributed by atoms with Crippen LogP contribution in [0.15, 0.2) is 28.7 Å². The highest BCUT2D eigenvalue weighted by atomic mass is 79.9. The third-order valence-corrected chi connectivity index (χ3v) is 2.70. The van der Waals surface area contributed by atoms with Crippen LogP contribution in [0.3, 0.4) is 0 Å². The van der Waals surface area contributed by atoms with Gasteiger partial charge in [0, 0.05) is 4.47 Å². The van der Waals surface area contributed by atoms with Crippen LogP contribution >= 0.6 is 15.9 Å². The third-order valence-electron chi connectivity index (χ3n) is 2.21. The van der Waals surface area contributed by atoms with Crippen molar-refractivity contribution in [2.24, 2.45) is 0 Å². The Kier molecular flexibility index (Phi) is 5.54. The molecular formula is C14H18BrNO3. The zero-order valence-corrected chi connectivity index (χ0v) is 12.9. The van der Waals surface area contributed by atoms with Crippen molar-refractivity contribution in [2.45, 2.75) is 38.8 Å². The van der Waals surface area contributed by atoms with Crippen molar-refractivity contribution < 1.29 is 14.3 Å². The zero-order valence-electron chi connectivity index (χ0n) is 11.3. The highest BCUT2D eigenvalue weighted by Gasteiger charge is 2.19. The molecule has 0 saturated heterocycles. The van der Waals surface area contributed by atoms with Crippen molar-refractivity contribution in [1.82, 2.24) is 5.32 Å². The van der Waals surface area contributed by atoms with E-state index in [0.717, 1.165) is 10.0 Å². The molecule has 0 bridgehead atoms. The van der Waals surface area contributed by atoms with Crippen LogP contribution in [0.5, 0.6) is 0 Å². The maximum atomic E-state index is 11.6. The Morgan fingerprint density at radius 1 is 1.47 bits per heavy atom. The Morgan fingerprint density at radius 2 is 2.16 bits per heavy atom. The maximum Gasteiger partial charge on any atom is 0.408 e. The summed E-state index contributed by atoms with van der Waals surface area (Å²) < 4.78 is 6.05. The van der Waals surface area contributed by atoms with E-state index in [4.69, 9.17) is 4.74 Å². The van der Waals surface area contributed by atoms with Crippen molar-refractivity contribution >= 4 is 28.3 Å². The van der Waals surface area contributed by atoms with Gasteiger partial charge in [-0.2, -0.15) is 0 Å². The third kappa shape index (κ3) is 6.38. The van der Waals surface area contributed by atoms with E-state index in [2.05, 4.69) is 21.2 Å². The van der Waals surface area contributed by atoms with Gasteiger partial charge in [-0.05, 0) is 44.9 Å². The highest BCUT2D eigenvalue weighted by Crippen LogP contribution is 2.13. The molecule has 0 aliphatic heterocycles. The summed E-state index contributed by atoms with van der Waals surface area (Å²) in [5.74, 6) is 0. The number of amides is 1. The molecule has 1 rings (SSSR count). The lowest BCUT2D eigenvalue weighted by atomic mass is 10.1. The summed E-state index contributed by atoms with van der Waals surface area (Å²) in [7, 11) is 0. The summed E-state index contributed by atoms with van der Waals surface area (Å²) in [6.45, 7) is 5.32. The van der Waals surface area contributed by atoms with E-state index in [1.54, 1.807) is 20.8 Å². The summed E-state index contributed by atoms with van der Waals surface area (Å²) >= 11 is 3.36. The molecule has 1 N–H and O–H groups in total. The first-order valence-electron chi connectivity index (χ1n) is 5.99. The number of hydrogen-bond acceptors (Lipinski definition) is 3. The number of rotatable bonds is 4. The van der Waals surface area contributed by atoms with Gasteiger partial charge in [0.1, 0.15) is 11.9 Å². The number of carbonyl (C=O) groups is 2. The van der Waals surface area contributed by atoms with E-state index >= 15 is 0 Å².